The first-order chi connectivity index (χ1) is 13.0. The molecule has 10 heteroatoms. The number of carbonyl (C=O) groups is 2. The van der Waals surface area contributed by atoms with Gasteiger partial charge in [-0.25, -0.2) is 0 Å². The Morgan fingerprint density at radius 2 is 2.11 bits per heavy atom. The number of piperidine rings is 1. The predicted molar refractivity (Wildman–Crippen MR) is 106 cm³/mol. The summed E-state index contributed by atoms with van der Waals surface area (Å²) in [6.45, 7) is 4.05. The van der Waals surface area contributed by atoms with Gasteiger partial charge in [-0.2, -0.15) is 0 Å². The highest BCUT2D eigenvalue weighted by atomic mass is 35.5. The Balaban J connectivity index is 0.00000280. The van der Waals surface area contributed by atoms with E-state index >= 15 is 0 Å². The Labute approximate surface area is 169 Å². The molecule has 3 rings (SSSR count). The molecule has 154 valence electrons. The van der Waals surface area contributed by atoms with Crippen molar-refractivity contribution in [2.45, 2.75) is 32.2 Å². The van der Waals surface area contributed by atoms with Crippen LogP contribution in [0.5, 0.6) is 5.75 Å². The number of nitrogens with zero attached hydrogens (tertiary/aromatic N) is 3. The molecule has 9 nitrogen and oxygen atoms in total. The van der Waals surface area contributed by atoms with Crippen molar-refractivity contribution in [1.82, 2.24) is 10.2 Å². The Morgan fingerprint density at radius 3 is 2.75 bits per heavy atom. The highest BCUT2D eigenvalue weighted by Gasteiger charge is 2.32. The number of carbonyl (C=O) groups excluding carboxylic acids is 2. The van der Waals surface area contributed by atoms with Gasteiger partial charge in [-0.05, 0) is 38.4 Å². The lowest BCUT2D eigenvalue weighted by Crippen LogP contribution is -2.51. The van der Waals surface area contributed by atoms with E-state index in [0.29, 0.717) is 12.3 Å². The van der Waals surface area contributed by atoms with Gasteiger partial charge < -0.3 is 15.0 Å². The maximum absolute atomic E-state index is 13.0. The summed E-state index contributed by atoms with van der Waals surface area (Å²) in [5, 5.41) is 14.4. The van der Waals surface area contributed by atoms with Crippen LogP contribution in [0.15, 0.2) is 18.2 Å². The summed E-state index contributed by atoms with van der Waals surface area (Å²) in [7, 11) is 0. The second-order valence-corrected chi connectivity index (χ2v) is 6.75. The summed E-state index contributed by atoms with van der Waals surface area (Å²) in [5.41, 5.74) is 0.129. The van der Waals surface area contributed by atoms with Crippen LogP contribution in [0.25, 0.3) is 0 Å². The summed E-state index contributed by atoms with van der Waals surface area (Å²) in [4.78, 5) is 39.1. The normalized spacial score (nSPS) is 16.6. The first-order valence-electron chi connectivity index (χ1n) is 9.23. The van der Waals surface area contributed by atoms with Gasteiger partial charge in [-0.3, -0.25) is 24.6 Å². The summed E-state index contributed by atoms with van der Waals surface area (Å²) in [5.74, 6) is -0.147. The van der Waals surface area contributed by atoms with Gasteiger partial charge in [0.25, 0.3) is 11.6 Å². The molecular formula is C18H25ClN4O5. The molecule has 0 saturated carbocycles. The van der Waals surface area contributed by atoms with Gasteiger partial charge in [0.2, 0.25) is 5.91 Å². The SMILES string of the molecule is CCCN(C(=O)CN1C(=O)COc2ccc([N+](=O)[O-])cc21)C1CCNCC1.Cl. The van der Waals surface area contributed by atoms with Crippen LogP contribution in [-0.4, -0.2) is 60.5 Å². The molecule has 0 atom stereocenters. The molecule has 0 radical (unpaired) electrons. The van der Waals surface area contributed by atoms with Gasteiger partial charge in [0.15, 0.2) is 6.61 Å². The van der Waals surface area contributed by atoms with Crippen molar-refractivity contribution in [2.24, 2.45) is 0 Å². The fourth-order valence-corrected chi connectivity index (χ4v) is 3.57. The van der Waals surface area contributed by atoms with E-state index in [1.807, 2.05) is 11.8 Å². The van der Waals surface area contributed by atoms with E-state index < -0.39 is 4.92 Å². The summed E-state index contributed by atoms with van der Waals surface area (Å²) < 4.78 is 5.36. The molecule has 1 aromatic carbocycles. The fraction of sp³-hybridized carbons (Fsp3) is 0.556. The first-order valence-corrected chi connectivity index (χ1v) is 9.23. The number of hydrogen-bond acceptors (Lipinski definition) is 6. The monoisotopic (exact) mass is 412 g/mol. The van der Waals surface area contributed by atoms with Gasteiger partial charge in [-0.15, -0.1) is 12.4 Å². The van der Waals surface area contributed by atoms with E-state index in [2.05, 4.69) is 5.32 Å². The number of hydrogen-bond donors (Lipinski definition) is 1. The molecule has 2 aliphatic heterocycles. The van der Waals surface area contributed by atoms with E-state index in [1.54, 1.807) is 0 Å². The van der Waals surface area contributed by atoms with Crippen molar-refractivity contribution in [3.63, 3.8) is 0 Å². The predicted octanol–water partition coefficient (Wildman–Crippen LogP) is 1.73. The molecule has 0 aliphatic carbocycles. The van der Waals surface area contributed by atoms with E-state index in [-0.39, 0.29) is 54.8 Å². The van der Waals surface area contributed by atoms with Crippen molar-refractivity contribution in [3.8, 4) is 5.75 Å². The molecule has 0 aromatic heterocycles. The van der Waals surface area contributed by atoms with Crippen LogP contribution in [0, 0.1) is 10.1 Å². The Kier molecular flexibility index (Phi) is 7.59. The van der Waals surface area contributed by atoms with Crippen molar-refractivity contribution >= 4 is 35.6 Å². The minimum Gasteiger partial charge on any atom is -0.482 e. The van der Waals surface area contributed by atoms with Crippen LogP contribution >= 0.6 is 12.4 Å². The van der Waals surface area contributed by atoms with Gasteiger partial charge in [0.1, 0.15) is 12.3 Å². The summed E-state index contributed by atoms with van der Waals surface area (Å²) in [6.07, 6.45) is 2.59. The number of halogens is 1. The third kappa shape index (κ3) is 4.71. The molecule has 2 heterocycles. The zero-order chi connectivity index (χ0) is 19.4. The number of non-ortho nitro benzene ring substituents is 1. The van der Waals surface area contributed by atoms with Crippen LogP contribution in [-0.2, 0) is 9.59 Å². The third-order valence-electron chi connectivity index (χ3n) is 4.92. The second kappa shape index (κ2) is 9.70. The van der Waals surface area contributed by atoms with E-state index in [9.17, 15) is 19.7 Å². The van der Waals surface area contributed by atoms with E-state index in [0.717, 1.165) is 32.4 Å². The summed E-state index contributed by atoms with van der Waals surface area (Å²) >= 11 is 0. The Bertz CT molecular complexity index is 739. The molecular weight excluding hydrogens is 388 g/mol. The maximum Gasteiger partial charge on any atom is 0.271 e. The number of benzene rings is 1. The lowest BCUT2D eigenvalue weighted by atomic mass is 10.0. The van der Waals surface area contributed by atoms with E-state index in [4.69, 9.17) is 4.74 Å². The van der Waals surface area contributed by atoms with Crippen LogP contribution in [0.4, 0.5) is 11.4 Å². The van der Waals surface area contributed by atoms with Gasteiger partial charge in [0.05, 0.1) is 10.6 Å². The Hall–Kier alpha value is -2.39. The van der Waals surface area contributed by atoms with Gasteiger partial charge in [-0.1, -0.05) is 6.92 Å². The van der Waals surface area contributed by atoms with Gasteiger partial charge in [0, 0.05) is 24.7 Å². The van der Waals surface area contributed by atoms with Crippen LogP contribution in [0.1, 0.15) is 26.2 Å². The lowest BCUT2D eigenvalue weighted by molar-refractivity contribution is -0.384. The number of amides is 2. The third-order valence-corrected chi connectivity index (χ3v) is 4.92. The van der Waals surface area contributed by atoms with Gasteiger partial charge >= 0.3 is 0 Å². The molecule has 1 aromatic rings. The number of nitro benzene ring substituents is 1. The minimum absolute atomic E-state index is 0. The van der Waals surface area contributed by atoms with Crippen LogP contribution in [0.2, 0.25) is 0 Å². The first kappa shape index (κ1) is 21.9. The minimum atomic E-state index is -0.530. The molecule has 28 heavy (non-hydrogen) atoms. The largest absolute Gasteiger partial charge is 0.482 e. The van der Waals surface area contributed by atoms with Crippen molar-refractivity contribution in [3.05, 3.63) is 28.3 Å². The zero-order valence-electron chi connectivity index (χ0n) is 15.8. The molecule has 0 spiro atoms. The average Bonchev–Trinajstić information content (AvgIpc) is 2.68. The van der Waals surface area contributed by atoms with Crippen molar-refractivity contribution in [2.75, 3.05) is 37.7 Å². The van der Waals surface area contributed by atoms with E-state index in [1.165, 1.54) is 23.1 Å². The zero-order valence-corrected chi connectivity index (χ0v) is 16.6. The average molecular weight is 413 g/mol. The fourth-order valence-electron chi connectivity index (χ4n) is 3.57. The Morgan fingerprint density at radius 1 is 1.39 bits per heavy atom. The number of nitrogens with one attached hydrogen (secondary N) is 1. The quantitative estimate of drug-likeness (QED) is 0.563. The number of fused-ring (bicyclic) bond motifs is 1. The lowest BCUT2D eigenvalue weighted by Gasteiger charge is -2.36. The molecule has 2 aliphatic rings. The number of anilines is 1. The van der Waals surface area contributed by atoms with Crippen molar-refractivity contribution in [1.29, 1.82) is 0 Å². The number of rotatable bonds is 6. The molecule has 1 saturated heterocycles. The van der Waals surface area contributed by atoms with Crippen molar-refractivity contribution < 1.29 is 19.2 Å². The maximum atomic E-state index is 13.0. The highest BCUT2D eigenvalue weighted by molar-refractivity contribution is 6.02. The molecule has 1 N–H and O–H groups in total. The number of nitro groups is 1. The second-order valence-electron chi connectivity index (χ2n) is 6.75. The topological polar surface area (TPSA) is 105 Å². The molecule has 2 amide bonds. The standard InChI is InChI=1S/C18H24N4O5.ClH/c1-2-9-20(13-5-7-19-8-6-13)17(23)11-21-15-10-14(22(25)26)3-4-16(15)27-12-18(21)24;/h3-4,10,13,19H,2,5-9,11-12H2,1H3;1H. The summed E-state index contributed by atoms with van der Waals surface area (Å²) in [6, 6.07) is 4.23. The smallest absolute Gasteiger partial charge is 0.271 e. The molecule has 0 bridgehead atoms. The number of ether oxygens (including phenoxy) is 1. The van der Waals surface area contributed by atoms with Crippen LogP contribution < -0.4 is 15.0 Å². The van der Waals surface area contributed by atoms with Crippen LogP contribution in [0.3, 0.4) is 0 Å². The molecule has 1 fully saturated rings. The highest BCUT2D eigenvalue weighted by Crippen LogP contribution is 2.35. The molecule has 0 unspecified atom stereocenters.